The van der Waals surface area contributed by atoms with Crippen molar-refractivity contribution in [1.82, 2.24) is 0 Å². The van der Waals surface area contributed by atoms with Gasteiger partial charge in [0.25, 0.3) is 0 Å². The van der Waals surface area contributed by atoms with Gasteiger partial charge in [0.15, 0.2) is 0 Å². The summed E-state index contributed by atoms with van der Waals surface area (Å²) in [6, 6.07) is 0. The van der Waals surface area contributed by atoms with Gasteiger partial charge >= 0.3 is 5.97 Å². The van der Waals surface area contributed by atoms with E-state index in [2.05, 4.69) is 15.9 Å². The molecule has 0 aliphatic carbocycles. The molecule has 0 saturated carbocycles. The minimum Gasteiger partial charge on any atom is -0.481 e. The number of carbonyl (C=O) groups is 1. The lowest BCUT2D eigenvalue weighted by Crippen LogP contribution is -1.92. The highest BCUT2D eigenvalue weighted by Gasteiger charge is 1.83. The average molecular weight is 155 g/mol. The fraction of sp³-hybridized carbons (Fsp3) is 0.667. The van der Waals surface area contributed by atoms with Gasteiger partial charge in [0, 0.05) is 0 Å². The van der Waals surface area contributed by atoms with Gasteiger partial charge < -0.3 is 5.11 Å². The van der Waals surface area contributed by atoms with Gasteiger partial charge in [-0.05, 0) is 0 Å². The molecule has 6 heavy (non-hydrogen) atoms. The molecule has 0 aliphatic heterocycles. The molecule has 1 N–H and O–H groups in total. The zero-order valence-corrected chi connectivity index (χ0v) is 4.03. The summed E-state index contributed by atoms with van der Waals surface area (Å²) < 4.78 is 0. The summed E-state index contributed by atoms with van der Waals surface area (Å²) in [5.74, 6) is -0.829. The van der Waals surface area contributed by atoms with Crippen LogP contribution in [0.3, 0.4) is 0 Å². The zero-order chi connectivity index (χ0) is 4.28. The fourth-order valence-corrected chi connectivity index (χ4v) is 0. The summed E-state index contributed by atoms with van der Waals surface area (Å²) in [5.41, 5.74) is 0. The Morgan fingerprint density at radius 1 is 1.83 bits per heavy atom. The number of halogens is 1. The van der Waals surface area contributed by atoms with E-state index in [1.807, 2.05) is 0 Å². The van der Waals surface area contributed by atoms with Crippen LogP contribution in [0.15, 0.2) is 0 Å². The molecule has 0 aromatic heterocycles. The summed E-state index contributed by atoms with van der Waals surface area (Å²) >= 11 is 2.71. The lowest BCUT2D eigenvalue weighted by atomic mass is 10.8. The SMILES string of the molecule is C.O=C(O)CBr. The van der Waals surface area contributed by atoms with E-state index in [1.165, 1.54) is 0 Å². The van der Waals surface area contributed by atoms with E-state index in [-0.39, 0.29) is 12.8 Å². The maximum atomic E-state index is 9.32. The predicted molar refractivity (Wildman–Crippen MR) is 28.2 cm³/mol. The van der Waals surface area contributed by atoms with Crippen LogP contribution in [0.1, 0.15) is 7.43 Å². The zero-order valence-electron chi connectivity index (χ0n) is 2.44. The van der Waals surface area contributed by atoms with Crippen molar-refractivity contribution in [3.8, 4) is 0 Å². The third-order valence-electron chi connectivity index (χ3n) is 0.114. The molecule has 0 fully saturated rings. The number of aliphatic carboxylic acids is 1. The van der Waals surface area contributed by atoms with E-state index in [1.54, 1.807) is 0 Å². The second kappa shape index (κ2) is 4.95. The molecule has 0 spiro atoms. The van der Waals surface area contributed by atoms with Crippen molar-refractivity contribution in [2.45, 2.75) is 7.43 Å². The highest BCUT2D eigenvalue weighted by Crippen LogP contribution is 1.73. The van der Waals surface area contributed by atoms with Crippen LogP contribution in [0.4, 0.5) is 0 Å². The molecule has 0 radical (unpaired) electrons. The minimum absolute atomic E-state index is 0. The summed E-state index contributed by atoms with van der Waals surface area (Å²) in [6.07, 6.45) is 0. The Labute approximate surface area is 45.3 Å². The van der Waals surface area contributed by atoms with Gasteiger partial charge in [-0.3, -0.25) is 4.79 Å². The fourth-order valence-electron chi connectivity index (χ4n) is 0. The maximum Gasteiger partial charge on any atom is 0.314 e. The lowest BCUT2D eigenvalue weighted by molar-refractivity contribution is -0.133. The smallest absolute Gasteiger partial charge is 0.314 e. The van der Waals surface area contributed by atoms with Gasteiger partial charge in [-0.1, -0.05) is 23.4 Å². The first-order valence-electron chi connectivity index (χ1n) is 1.05. The van der Waals surface area contributed by atoms with Gasteiger partial charge in [0.2, 0.25) is 0 Å². The Kier molecular flexibility index (Phi) is 7.71. The van der Waals surface area contributed by atoms with Crippen LogP contribution in [0.5, 0.6) is 0 Å². The van der Waals surface area contributed by atoms with Crippen LogP contribution in [0, 0.1) is 0 Å². The van der Waals surface area contributed by atoms with Crippen LogP contribution in [0.2, 0.25) is 0 Å². The standard InChI is InChI=1S/C2H3BrO2.CH4/c3-1-2(4)5;/h1H2,(H,4,5);1H4. The quantitative estimate of drug-likeness (QED) is 0.575. The largest absolute Gasteiger partial charge is 0.481 e. The molecule has 2 nitrogen and oxygen atoms in total. The van der Waals surface area contributed by atoms with Crippen LogP contribution >= 0.6 is 15.9 Å². The molecular weight excluding hydrogens is 148 g/mol. The average Bonchev–Trinajstić information content (AvgIpc) is 1.38. The molecule has 0 heterocycles. The molecule has 3 heteroatoms. The van der Waals surface area contributed by atoms with E-state index in [0.717, 1.165) is 0 Å². The third kappa shape index (κ3) is 9.04. The predicted octanol–water partition coefficient (Wildman–Crippen LogP) is 1.10. The summed E-state index contributed by atoms with van der Waals surface area (Å²) in [6.45, 7) is 0. The normalized spacial score (nSPS) is 6.17. The van der Waals surface area contributed by atoms with Crippen molar-refractivity contribution < 1.29 is 9.90 Å². The van der Waals surface area contributed by atoms with Crippen LogP contribution in [0.25, 0.3) is 0 Å². The highest BCUT2D eigenvalue weighted by atomic mass is 79.9. The van der Waals surface area contributed by atoms with E-state index in [4.69, 9.17) is 5.11 Å². The molecular formula is C3H7BrO2. The van der Waals surface area contributed by atoms with E-state index < -0.39 is 5.97 Å². The van der Waals surface area contributed by atoms with Crippen molar-refractivity contribution in [3.63, 3.8) is 0 Å². The topological polar surface area (TPSA) is 37.3 Å². The molecule has 0 aliphatic rings. The Balaban J connectivity index is 0. The van der Waals surface area contributed by atoms with Crippen molar-refractivity contribution in [3.05, 3.63) is 0 Å². The maximum absolute atomic E-state index is 9.32. The van der Waals surface area contributed by atoms with Gasteiger partial charge in [0.1, 0.15) is 5.33 Å². The molecule has 0 amide bonds. The molecule has 0 bridgehead atoms. The second-order valence-corrected chi connectivity index (χ2v) is 1.09. The Morgan fingerprint density at radius 2 is 2.00 bits per heavy atom. The third-order valence-corrected chi connectivity index (χ3v) is 0.594. The number of carboxylic acid groups (broad SMARTS) is 1. The van der Waals surface area contributed by atoms with Crippen molar-refractivity contribution in [1.29, 1.82) is 0 Å². The first kappa shape index (κ1) is 9.34. The molecule has 0 unspecified atom stereocenters. The minimum atomic E-state index is -0.829. The van der Waals surface area contributed by atoms with Crippen molar-refractivity contribution in [2.24, 2.45) is 0 Å². The molecule has 38 valence electrons. The van der Waals surface area contributed by atoms with Gasteiger partial charge in [-0.15, -0.1) is 0 Å². The molecule has 0 aromatic rings. The monoisotopic (exact) mass is 154 g/mol. The summed E-state index contributed by atoms with van der Waals surface area (Å²) in [5, 5.41) is 7.71. The number of alkyl halides is 1. The molecule has 0 atom stereocenters. The van der Waals surface area contributed by atoms with Crippen LogP contribution in [-0.4, -0.2) is 16.4 Å². The lowest BCUT2D eigenvalue weighted by Gasteiger charge is -1.70. The molecule has 0 rings (SSSR count). The molecule has 0 aromatic carbocycles. The van der Waals surface area contributed by atoms with Crippen molar-refractivity contribution in [2.75, 3.05) is 5.33 Å². The number of rotatable bonds is 1. The highest BCUT2D eigenvalue weighted by molar-refractivity contribution is 9.09. The second-order valence-electron chi connectivity index (χ2n) is 0.527. The first-order chi connectivity index (χ1) is 2.27. The van der Waals surface area contributed by atoms with Gasteiger partial charge in [0.05, 0.1) is 0 Å². The Bertz CT molecular complexity index is 44.1. The van der Waals surface area contributed by atoms with Gasteiger partial charge in [-0.2, -0.15) is 0 Å². The first-order valence-corrected chi connectivity index (χ1v) is 2.17. The van der Waals surface area contributed by atoms with Crippen LogP contribution < -0.4 is 0 Å². The van der Waals surface area contributed by atoms with E-state index in [9.17, 15) is 4.79 Å². The van der Waals surface area contributed by atoms with Crippen molar-refractivity contribution >= 4 is 21.9 Å². The Morgan fingerprint density at radius 3 is 2.00 bits per heavy atom. The number of hydrogen-bond donors (Lipinski definition) is 1. The van der Waals surface area contributed by atoms with Crippen LogP contribution in [-0.2, 0) is 4.79 Å². The number of hydrogen-bond acceptors (Lipinski definition) is 1. The van der Waals surface area contributed by atoms with E-state index >= 15 is 0 Å². The van der Waals surface area contributed by atoms with E-state index in [0.29, 0.717) is 0 Å². The molecule has 0 saturated heterocycles. The Hall–Kier alpha value is -0.0500. The van der Waals surface area contributed by atoms with Gasteiger partial charge in [-0.25, -0.2) is 0 Å². The summed E-state index contributed by atoms with van der Waals surface area (Å²) in [4.78, 5) is 9.32. The summed E-state index contributed by atoms with van der Waals surface area (Å²) in [7, 11) is 0. The number of carboxylic acids is 1.